The third kappa shape index (κ3) is 4.77. The molecule has 0 fully saturated rings. The van der Waals surface area contributed by atoms with Crippen LogP contribution in [0.15, 0.2) is 53.6 Å². The summed E-state index contributed by atoms with van der Waals surface area (Å²) in [5.74, 6) is 0.138. The summed E-state index contributed by atoms with van der Waals surface area (Å²) in [5.41, 5.74) is 0.965. The van der Waals surface area contributed by atoms with Crippen molar-refractivity contribution in [1.29, 1.82) is 5.26 Å². The fourth-order valence-corrected chi connectivity index (χ4v) is 3.70. The lowest BCUT2D eigenvalue weighted by Crippen LogP contribution is -2.12. The van der Waals surface area contributed by atoms with Crippen molar-refractivity contribution < 1.29 is 8.42 Å². The second kappa shape index (κ2) is 8.26. The molecule has 0 spiro atoms. The minimum atomic E-state index is -3.83. The Kier molecular flexibility index (Phi) is 5.79. The van der Waals surface area contributed by atoms with Crippen molar-refractivity contribution in [2.75, 3.05) is 10.0 Å². The first-order valence-electron chi connectivity index (χ1n) is 7.57. The van der Waals surface area contributed by atoms with E-state index in [1.807, 2.05) is 6.07 Å². The number of aromatic amines is 1. The lowest BCUT2D eigenvalue weighted by atomic mass is 10.3. The van der Waals surface area contributed by atoms with Crippen LogP contribution in [0.2, 0.25) is 10.0 Å². The molecule has 0 saturated heterocycles. The van der Waals surface area contributed by atoms with Gasteiger partial charge in [-0.05, 0) is 47.7 Å². The molecule has 3 rings (SSSR count). The highest BCUT2D eigenvalue weighted by atomic mass is 35.5. The van der Waals surface area contributed by atoms with Crippen molar-refractivity contribution in [3.8, 4) is 6.07 Å². The Hall–Kier alpha value is -3.13. The molecule has 28 heavy (non-hydrogen) atoms. The topological polar surface area (TPSA) is 136 Å². The van der Waals surface area contributed by atoms with Gasteiger partial charge in [-0.2, -0.15) is 10.5 Å². The number of benzene rings is 2. The van der Waals surface area contributed by atoms with E-state index in [9.17, 15) is 8.42 Å². The van der Waals surface area contributed by atoms with Crippen LogP contribution >= 0.6 is 23.2 Å². The highest BCUT2D eigenvalue weighted by molar-refractivity contribution is 7.92. The third-order valence-electron chi connectivity index (χ3n) is 3.37. The van der Waals surface area contributed by atoms with Crippen LogP contribution in [0.1, 0.15) is 5.82 Å². The molecule has 3 N–H and O–H groups in total. The van der Waals surface area contributed by atoms with Crippen molar-refractivity contribution in [2.45, 2.75) is 4.90 Å². The number of hydrogen-bond acceptors (Lipinski definition) is 7. The maximum Gasteiger partial charge on any atom is 0.261 e. The lowest BCUT2D eigenvalue weighted by molar-refractivity contribution is 0.601. The molecule has 0 unspecified atom stereocenters. The van der Waals surface area contributed by atoms with E-state index in [0.717, 1.165) is 0 Å². The first kappa shape index (κ1) is 19.6. The quantitative estimate of drug-likeness (QED) is 0.505. The summed E-state index contributed by atoms with van der Waals surface area (Å²) >= 11 is 11.8. The van der Waals surface area contributed by atoms with Crippen molar-refractivity contribution in [3.63, 3.8) is 0 Å². The summed E-state index contributed by atoms with van der Waals surface area (Å²) in [5, 5.41) is 25.7. The second-order valence-corrected chi connectivity index (χ2v) is 7.89. The SMILES string of the molecule is N#CC(=CNc1ccc(S(=O)(=O)Nc2cc(Cl)cc(Cl)c2)cc1)c1nn[nH]n1. The summed E-state index contributed by atoms with van der Waals surface area (Å²) in [6.45, 7) is 0. The molecule has 0 aliphatic carbocycles. The number of nitrogens with one attached hydrogen (secondary N) is 3. The minimum absolute atomic E-state index is 0.0387. The molecule has 0 amide bonds. The van der Waals surface area contributed by atoms with Gasteiger partial charge in [-0.25, -0.2) is 8.42 Å². The highest BCUT2D eigenvalue weighted by Crippen LogP contribution is 2.25. The Labute approximate surface area is 170 Å². The normalized spacial score (nSPS) is 11.7. The maximum atomic E-state index is 12.5. The second-order valence-electron chi connectivity index (χ2n) is 5.34. The molecule has 0 aliphatic heterocycles. The van der Waals surface area contributed by atoms with Gasteiger partial charge in [0.1, 0.15) is 11.6 Å². The van der Waals surface area contributed by atoms with E-state index < -0.39 is 10.0 Å². The molecule has 9 nitrogen and oxygen atoms in total. The first-order chi connectivity index (χ1) is 13.4. The number of aromatic nitrogens is 4. The van der Waals surface area contributed by atoms with Crippen LogP contribution in [0.4, 0.5) is 11.4 Å². The number of H-pyrrole nitrogens is 1. The van der Waals surface area contributed by atoms with Gasteiger partial charge in [0.2, 0.25) is 5.82 Å². The number of nitrogens with zero attached hydrogens (tertiary/aromatic N) is 4. The molecule has 0 atom stereocenters. The van der Waals surface area contributed by atoms with Crippen LogP contribution in [0.3, 0.4) is 0 Å². The van der Waals surface area contributed by atoms with Gasteiger partial charge in [-0.1, -0.05) is 23.2 Å². The summed E-state index contributed by atoms with van der Waals surface area (Å²) < 4.78 is 27.4. The molecule has 142 valence electrons. The zero-order valence-corrected chi connectivity index (χ0v) is 16.2. The zero-order chi connectivity index (χ0) is 20.1. The van der Waals surface area contributed by atoms with Gasteiger partial charge in [0.05, 0.1) is 10.6 Å². The van der Waals surface area contributed by atoms with E-state index >= 15 is 0 Å². The predicted molar refractivity (Wildman–Crippen MR) is 105 cm³/mol. The molecule has 0 saturated carbocycles. The smallest absolute Gasteiger partial charge is 0.261 e. The van der Waals surface area contributed by atoms with Crippen LogP contribution < -0.4 is 10.0 Å². The highest BCUT2D eigenvalue weighted by Gasteiger charge is 2.15. The van der Waals surface area contributed by atoms with Crippen LogP contribution in [-0.2, 0) is 10.0 Å². The first-order valence-corrected chi connectivity index (χ1v) is 9.81. The van der Waals surface area contributed by atoms with Crippen molar-refractivity contribution in [3.05, 3.63) is 64.5 Å². The fraction of sp³-hybridized carbons (Fsp3) is 0. The average Bonchev–Trinajstić information content (AvgIpc) is 3.16. The number of hydrogen-bond donors (Lipinski definition) is 3. The summed E-state index contributed by atoms with van der Waals surface area (Å²) in [4.78, 5) is 0.0387. The summed E-state index contributed by atoms with van der Waals surface area (Å²) in [7, 11) is -3.83. The molecule has 0 aliphatic rings. The van der Waals surface area contributed by atoms with Gasteiger partial charge >= 0.3 is 0 Å². The minimum Gasteiger partial charge on any atom is -0.360 e. The zero-order valence-electron chi connectivity index (χ0n) is 13.9. The Morgan fingerprint density at radius 1 is 1.11 bits per heavy atom. The number of halogens is 2. The van der Waals surface area contributed by atoms with E-state index in [-0.39, 0.29) is 22.0 Å². The van der Waals surface area contributed by atoms with Gasteiger partial charge < -0.3 is 5.32 Å². The van der Waals surface area contributed by atoms with Crippen LogP contribution in [0.5, 0.6) is 0 Å². The van der Waals surface area contributed by atoms with Crippen molar-refractivity contribution in [1.82, 2.24) is 20.6 Å². The Bertz CT molecular complexity index is 1130. The van der Waals surface area contributed by atoms with E-state index in [1.165, 1.54) is 36.5 Å². The molecule has 1 heterocycles. The molecule has 1 aromatic heterocycles. The number of rotatable bonds is 6. The van der Waals surface area contributed by atoms with Gasteiger partial charge in [-0.3, -0.25) is 4.72 Å². The van der Waals surface area contributed by atoms with Crippen LogP contribution in [0, 0.1) is 11.3 Å². The van der Waals surface area contributed by atoms with E-state index in [2.05, 4.69) is 30.7 Å². The summed E-state index contributed by atoms with van der Waals surface area (Å²) in [6.07, 6.45) is 1.39. The van der Waals surface area contributed by atoms with Crippen LogP contribution in [0.25, 0.3) is 5.57 Å². The average molecular weight is 436 g/mol. The van der Waals surface area contributed by atoms with Gasteiger partial charge in [-0.15, -0.1) is 10.2 Å². The third-order valence-corrected chi connectivity index (χ3v) is 5.20. The number of allylic oxidation sites excluding steroid dienone is 1. The number of nitriles is 1. The predicted octanol–water partition coefficient (Wildman–Crippen LogP) is 3.28. The maximum absolute atomic E-state index is 12.5. The fourth-order valence-electron chi connectivity index (χ4n) is 2.14. The van der Waals surface area contributed by atoms with E-state index in [4.69, 9.17) is 28.5 Å². The number of sulfonamides is 1. The Morgan fingerprint density at radius 3 is 2.36 bits per heavy atom. The van der Waals surface area contributed by atoms with E-state index in [0.29, 0.717) is 15.7 Å². The van der Waals surface area contributed by atoms with Crippen LogP contribution in [-0.4, -0.2) is 29.0 Å². The summed E-state index contributed by atoms with van der Waals surface area (Å²) in [6, 6.07) is 12.2. The molecule has 0 radical (unpaired) electrons. The molecular weight excluding hydrogens is 425 g/mol. The molecule has 0 bridgehead atoms. The molecule has 3 aromatic rings. The lowest BCUT2D eigenvalue weighted by Gasteiger charge is -2.10. The van der Waals surface area contributed by atoms with Gasteiger partial charge in [0, 0.05) is 21.9 Å². The largest absolute Gasteiger partial charge is 0.360 e. The molecule has 12 heteroatoms. The van der Waals surface area contributed by atoms with Gasteiger partial charge in [0.25, 0.3) is 10.0 Å². The van der Waals surface area contributed by atoms with E-state index in [1.54, 1.807) is 12.1 Å². The van der Waals surface area contributed by atoms with Crippen molar-refractivity contribution >= 4 is 50.2 Å². The monoisotopic (exact) mass is 435 g/mol. The molecule has 2 aromatic carbocycles. The van der Waals surface area contributed by atoms with Crippen molar-refractivity contribution in [2.24, 2.45) is 0 Å². The van der Waals surface area contributed by atoms with Gasteiger partial charge in [0.15, 0.2) is 0 Å². The molecular formula is C16H11Cl2N7O2S. The Morgan fingerprint density at radius 2 is 1.79 bits per heavy atom. The Balaban J connectivity index is 1.75. The number of anilines is 2. The standard InChI is InChI=1S/C16H11Cl2N7O2S/c17-11-5-12(18)7-14(6-11)23-28(26,27)15-3-1-13(2-4-15)20-9-10(8-19)16-21-24-25-22-16/h1-7,9,20,23H,(H,21,22,24,25). The number of tetrazole rings is 1.